The average Bonchev–Trinajstić information content (AvgIpc) is 2.88. The van der Waals surface area contributed by atoms with Gasteiger partial charge in [0.05, 0.1) is 29.2 Å². The number of hydrogen-bond donors (Lipinski definition) is 4. The van der Waals surface area contributed by atoms with Crippen molar-refractivity contribution in [2.75, 3.05) is 5.32 Å². The number of aliphatic hydroxyl groups is 1. The van der Waals surface area contributed by atoms with Crippen LogP contribution < -0.4 is 10.6 Å². The second-order valence-corrected chi connectivity index (χ2v) is 10.0. The van der Waals surface area contributed by atoms with Crippen molar-refractivity contribution in [3.63, 3.8) is 0 Å². The molecular weight excluding hydrogens is 466 g/mol. The van der Waals surface area contributed by atoms with Gasteiger partial charge in [-0.1, -0.05) is 68.4 Å². The maximum atomic E-state index is 13.3. The zero-order chi connectivity index (χ0) is 26.2. The van der Waals surface area contributed by atoms with E-state index in [1.54, 1.807) is 0 Å². The molecular formula is C29H29N5O3. The van der Waals surface area contributed by atoms with Gasteiger partial charge in [0.15, 0.2) is 0 Å². The van der Waals surface area contributed by atoms with E-state index in [0.29, 0.717) is 29.1 Å². The fourth-order valence-corrected chi connectivity index (χ4v) is 5.08. The minimum Gasteiger partial charge on any atom is -0.479 e. The Kier molecular flexibility index (Phi) is 6.35. The first-order chi connectivity index (χ1) is 17.7. The molecule has 8 nitrogen and oxygen atoms in total. The van der Waals surface area contributed by atoms with Crippen LogP contribution in [0.4, 0.5) is 10.5 Å². The van der Waals surface area contributed by atoms with Gasteiger partial charge in [0, 0.05) is 23.5 Å². The van der Waals surface area contributed by atoms with Crippen molar-refractivity contribution < 1.29 is 15.0 Å². The maximum Gasteiger partial charge on any atom is 0.319 e. The molecule has 2 aromatic heterocycles. The lowest BCUT2D eigenvalue weighted by molar-refractivity contribution is 0.0883. The molecule has 0 fully saturated rings. The molecule has 2 heterocycles. The molecule has 37 heavy (non-hydrogen) atoms. The summed E-state index contributed by atoms with van der Waals surface area (Å²) < 4.78 is 0. The lowest BCUT2D eigenvalue weighted by Crippen LogP contribution is -2.45. The lowest BCUT2D eigenvalue weighted by Gasteiger charge is -2.40. The quantitative estimate of drug-likeness (QED) is 0.312. The van der Waals surface area contributed by atoms with Crippen LogP contribution in [0.1, 0.15) is 43.0 Å². The summed E-state index contributed by atoms with van der Waals surface area (Å²) in [7, 11) is 0. The Morgan fingerprint density at radius 2 is 1.65 bits per heavy atom. The van der Waals surface area contributed by atoms with E-state index in [4.69, 9.17) is 4.98 Å². The van der Waals surface area contributed by atoms with Gasteiger partial charge in [0.25, 0.3) is 0 Å². The van der Waals surface area contributed by atoms with Crippen LogP contribution >= 0.6 is 0 Å². The number of aromatic hydroxyl groups is 1. The van der Waals surface area contributed by atoms with Crippen LogP contribution in [0.15, 0.2) is 73.1 Å². The average molecular weight is 496 g/mol. The smallest absolute Gasteiger partial charge is 0.319 e. The monoisotopic (exact) mass is 495 g/mol. The molecule has 8 heteroatoms. The van der Waals surface area contributed by atoms with E-state index in [-0.39, 0.29) is 11.4 Å². The van der Waals surface area contributed by atoms with Crippen LogP contribution in [0.25, 0.3) is 22.5 Å². The van der Waals surface area contributed by atoms with Crippen molar-refractivity contribution in [2.24, 2.45) is 0 Å². The predicted molar refractivity (Wildman–Crippen MR) is 142 cm³/mol. The summed E-state index contributed by atoms with van der Waals surface area (Å²) in [4.78, 5) is 25.9. The Morgan fingerprint density at radius 3 is 2.38 bits per heavy atom. The Morgan fingerprint density at radius 1 is 0.973 bits per heavy atom. The molecule has 2 aromatic carbocycles. The summed E-state index contributed by atoms with van der Waals surface area (Å²) in [6, 6.07) is 18.0. The molecule has 4 aromatic rings. The zero-order valence-corrected chi connectivity index (χ0v) is 20.9. The zero-order valence-electron chi connectivity index (χ0n) is 20.9. The maximum absolute atomic E-state index is 13.3. The van der Waals surface area contributed by atoms with Gasteiger partial charge in [-0.3, -0.25) is 0 Å². The van der Waals surface area contributed by atoms with E-state index in [9.17, 15) is 15.0 Å². The molecule has 0 radical (unpaired) electrons. The Balaban J connectivity index is 1.48. The van der Waals surface area contributed by atoms with Crippen molar-refractivity contribution in [2.45, 2.75) is 44.8 Å². The van der Waals surface area contributed by atoms with E-state index >= 15 is 0 Å². The summed E-state index contributed by atoms with van der Waals surface area (Å²) in [6.45, 7) is 6.09. The number of carbonyl (C=O) groups excluding carboxylic acids is 1. The second kappa shape index (κ2) is 9.63. The number of aromatic nitrogens is 3. The number of benzene rings is 2. The molecule has 0 aliphatic heterocycles. The van der Waals surface area contributed by atoms with E-state index in [0.717, 1.165) is 22.3 Å². The minimum absolute atomic E-state index is 0.194. The third kappa shape index (κ3) is 4.88. The Labute approximate surface area is 215 Å². The van der Waals surface area contributed by atoms with Crippen molar-refractivity contribution in [3.8, 4) is 28.5 Å². The first-order valence-corrected chi connectivity index (χ1v) is 12.2. The molecule has 1 aliphatic rings. The van der Waals surface area contributed by atoms with E-state index < -0.39 is 18.2 Å². The van der Waals surface area contributed by atoms with Gasteiger partial charge < -0.3 is 20.8 Å². The fraction of sp³-hybridized carbons (Fsp3) is 0.241. The molecule has 1 aliphatic carbocycles. The fourth-order valence-electron chi connectivity index (χ4n) is 5.08. The highest BCUT2D eigenvalue weighted by molar-refractivity contribution is 5.94. The molecule has 2 atom stereocenters. The summed E-state index contributed by atoms with van der Waals surface area (Å²) in [5, 5.41) is 26.4. The number of fused-ring (bicyclic) bond motifs is 1. The SMILES string of the molecule is Cc1cc(NC(=O)N[C@@H]2c3ccccc3C(C)(C)C[C@H]2O)c(-c2ccccc2)nc1-c1cnc(O)nc1. The first kappa shape index (κ1) is 24.4. The summed E-state index contributed by atoms with van der Waals surface area (Å²) in [5.74, 6) is 0. The summed E-state index contributed by atoms with van der Waals surface area (Å²) >= 11 is 0. The van der Waals surface area contributed by atoms with Gasteiger partial charge in [-0.25, -0.2) is 19.7 Å². The number of pyridine rings is 1. The van der Waals surface area contributed by atoms with Crippen molar-refractivity contribution in [1.82, 2.24) is 20.3 Å². The number of rotatable bonds is 4. The number of anilines is 1. The summed E-state index contributed by atoms with van der Waals surface area (Å²) in [6.07, 6.45) is 2.83. The van der Waals surface area contributed by atoms with Gasteiger partial charge >= 0.3 is 12.0 Å². The molecule has 0 bridgehead atoms. The highest BCUT2D eigenvalue weighted by atomic mass is 16.3. The van der Waals surface area contributed by atoms with Crippen molar-refractivity contribution in [3.05, 3.63) is 89.7 Å². The minimum atomic E-state index is -0.721. The summed E-state index contributed by atoms with van der Waals surface area (Å²) in [5.41, 5.74) is 5.86. The van der Waals surface area contributed by atoms with Crippen LogP contribution in [0.5, 0.6) is 6.01 Å². The van der Waals surface area contributed by atoms with Gasteiger partial charge in [-0.05, 0) is 41.5 Å². The van der Waals surface area contributed by atoms with Gasteiger partial charge in [0.2, 0.25) is 0 Å². The van der Waals surface area contributed by atoms with Crippen molar-refractivity contribution >= 4 is 11.7 Å². The number of urea groups is 1. The highest BCUT2D eigenvalue weighted by Gasteiger charge is 2.39. The first-order valence-electron chi connectivity index (χ1n) is 12.2. The topological polar surface area (TPSA) is 120 Å². The third-order valence-electron chi connectivity index (χ3n) is 6.84. The molecule has 4 N–H and O–H groups in total. The number of hydrogen-bond acceptors (Lipinski definition) is 6. The largest absolute Gasteiger partial charge is 0.479 e. The van der Waals surface area contributed by atoms with Crippen LogP contribution in [0.2, 0.25) is 0 Å². The van der Waals surface area contributed by atoms with Crippen LogP contribution in [0, 0.1) is 6.92 Å². The molecule has 188 valence electrons. The van der Waals surface area contributed by atoms with Crippen LogP contribution in [-0.2, 0) is 5.41 Å². The van der Waals surface area contributed by atoms with E-state index in [2.05, 4.69) is 40.5 Å². The highest BCUT2D eigenvalue weighted by Crippen LogP contribution is 2.41. The number of carbonyl (C=O) groups is 1. The molecule has 0 saturated heterocycles. The van der Waals surface area contributed by atoms with Crippen LogP contribution in [0.3, 0.4) is 0 Å². The molecule has 2 amide bonds. The molecule has 0 unspecified atom stereocenters. The van der Waals surface area contributed by atoms with Crippen molar-refractivity contribution in [1.29, 1.82) is 0 Å². The normalized spacial score (nSPS) is 18.1. The Bertz CT molecular complexity index is 1440. The predicted octanol–water partition coefficient (Wildman–Crippen LogP) is 5.12. The number of aliphatic hydroxyl groups excluding tert-OH is 1. The Hall–Kier alpha value is -4.30. The van der Waals surface area contributed by atoms with E-state index in [1.165, 1.54) is 12.4 Å². The lowest BCUT2D eigenvalue weighted by atomic mass is 9.70. The number of aryl methyl sites for hydroxylation is 1. The number of nitrogens with zero attached hydrogens (tertiary/aromatic N) is 3. The number of amides is 2. The molecule has 5 rings (SSSR count). The van der Waals surface area contributed by atoms with Crippen LogP contribution in [-0.4, -0.2) is 37.3 Å². The van der Waals surface area contributed by atoms with E-state index in [1.807, 2.05) is 61.5 Å². The molecule has 0 spiro atoms. The van der Waals surface area contributed by atoms with Gasteiger partial charge in [0.1, 0.15) is 0 Å². The second-order valence-electron chi connectivity index (χ2n) is 10.0. The van der Waals surface area contributed by atoms with Gasteiger partial charge in [-0.15, -0.1) is 0 Å². The standard InChI is InChI=1S/C29H29N5O3/c1-17-13-22(25(18-9-5-4-6-10-18)33-24(17)19-15-30-27(36)31-16-19)32-28(37)34-26-20-11-7-8-12-21(20)29(2,3)14-23(26)35/h4-13,15-16,23,26,35H,14H2,1-3H3,(H,30,31,36)(H2,32,34,37)/t23-,26-/m1/s1. The third-order valence-corrected chi connectivity index (χ3v) is 6.84. The number of nitrogens with one attached hydrogen (secondary N) is 2. The van der Waals surface area contributed by atoms with Gasteiger partial charge in [-0.2, -0.15) is 0 Å². The molecule has 0 saturated carbocycles.